The number of aromatic nitrogens is 1. The van der Waals surface area contributed by atoms with Gasteiger partial charge >= 0.3 is 0 Å². The summed E-state index contributed by atoms with van der Waals surface area (Å²) in [5.74, 6) is 0.726. The Hall–Kier alpha value is -2.41. The van der Waals surface area contributed by atoms with Gasteiger partial charge in [0.1, 0.15) is 7.05 Å². The number of benzene rings is 2. The van der Waals surface area contributed by atoms with Crippen LogP contribution in [0.1, 0.15) is 53.9 Å². The van der Waals surface area contributed by atoms with Crippen molar-refractivity contribution in [3.63, 3.8) is 0 Å². The summed E-state index contributed by atoms with van der Waals surface area (Å²) in [6.45, 7) is 9.22. The van der Waals surface area contributed by atoms with Crippen LogP contribution in [0.15, 0.2) is 66.9 Å². The van der Waals surface area contributed by atoms with E-state index in [1.807, 2.05) is 12.1 Å². The van der Waals surface area contributed by atoms with Crippen molar-refractivity contribution in [2.45, 2.75) is 53.3 Å². The molecule has 2 aliphatic rings. The third-order valence-corrected chi connectivity index (χ3v) is 8.91. The molecule has 31 heavy (non-hydrogen) atoms. The van der Waals surface area contributed by atoms with Crippen LogP contribution in [-0.4, -0.2) is 0 Å². The molecule has 1 nitrogen and oxygen atoms in total. The molecule has 0 radical (unpaired) electrons. The standard InChI is InChI=1S/C30H36N/c1-21-8-6-7-9-27(21)28-15-14-24(20-31(28)5)23-12-10-22(11-13-23)18-26-19-25-16-17-30(26,4)29(25,2)3/h6-15,20,25-26H,16-19H2,1-5H3/q+1/i18D2. The van der Waals surface area contributed by atoms with Crippen LogP contribution in [0.5, 0.6) is 0 Å². The largest absolute Gasteiger partial charge is 0.212 e. The molecule has 0 amide bonds. The first kappa shape index (κ1) is 18.2. The van der Waals surface area contributed by atoms with Gasteiger partial charge in [-0.2, -0.15) is 0 Å². The Morgan fingerprint density at radius 1 is 0.968 bits per heavy atom. The summed E-state index contributed by atoms with van der Waals surface area (Å²) in [5, 5.41) is 0. The monoisotopic (exact) mass is 412 g/mol. The molecule has 2 aromatic carbocycles. The Kier molecular flexibility index (Phi) is 4.30. The summed E-state index contributed by atoms with van der Waals surface area (Å²) in [5.41, 5.74) is 7.09. The van der Waals surface area contributed by atoms with E-state index in [0.29, 0.717) is 5.92 Å². The van der Waals surface area contributed by atoms with Gasteiger partial charge in [0.2, 0.25) is 5.69 Å². The molecule has 3 atom stereocenters. The van der Waals surface area contributed by atoms with E-state index < -0.39 is 6.37 Å². The van der Waals surface area contributed by atoms with Crippen molar-refractivity contribution >= 4 is 0 Å². The first-order valence-corrected chi connectivity index (χ1v) is 11.7. The summed E-state index contributed by atoms with van der Waals surface area (Å²) >= 11 is 0. The van der Waals surface area contributed by atoms with Crippen molar-refractivity contribution in [3.8, 4) is 22.4 Å². The zero-order valence-electron chi connectivity index (χ0n) is 21.6. The summed E-state index contributed by atoms with van der Waals surface area (Å²) in [4.78, 5) is 0. The zero-order valence-corrected chi connectivity index (χ0v) is 19.6. The number of fused-ring (bicyclic) bond motifs is 2. The average molecular weight is 413 g/mol. The predicted molar refractivity (Wildman–Crippen MR) is 130 cm³/mol. The van der Waals surface area contributed by atoms with Gasteiger partial charge in [-0.05, 0) is 84.0 Å². The van der Waals surface area contributed by atoms with E-state index in [4.69, 9.17) is 2.74 Å². The van der Waals surface area contributed by atoms with Gasteiger partial charge in [-0.25, -0.2) is 4.57 Å². The quantitative estimate of drug-likeness (QED) is 0.400. The molecule has 0 aliphatic heterocycles. The molecule has 3 aromatic rings. The lowest BCUT2D eigenvalue weighted by Gasteiger charge is -2.39. The van der Waals surface area contributed by atoms with Gasteiger partial charge in [-0.3, -0.25) is 0 Å². The fourth-order valence-electron chi connectivity index (χ4n) is 6.30. The van der Waals surface area contributed by atoms with Crippen LogP contribution in [0.2, 0.25) is 0 Å². The Morgan fingerprint density at radius 2 is 1.68 bits per heavy atom. The summed E-state index contributed by atoms with van der Waals surface area (Å²) in [6, 6.07) is 21.1. The zero-order chi connectivity index (χ0) is 23.6. The third kappa shape index (κ3) is 3.25. The Balaban J connectivity index is 1.42. The molecular formula is C30H36N+. The van der Waals surface area contributed by atoms with Crippen LogP contribution >= 0.6 is 0 Å². The molecule has 2 fully saturated rings. The highest BCUT2D eigenvalue weighted by Crippen LogP contribution is 2.68. The molecule has 1 heterocycles. The van der Waals surface area contributed by atoms with Crippen molar-refractivity contribution in [2.75, 3.05) is 0 Å². The fraction of sp³-hybridized carbons (Fsp3) is 0.433. The molecule has 0 saturated heterocycles. The number of pyridine rings is 1. The first-order valence-electron chi connectivity index (χ1n) is 12.7. The SMILES string of the molecule is [2H]C([2H])(c1ccc(-c2ccc(-c3ccccc3C)[n+](C)c2)cc1)C1CC2CCC1(C)C2(C)C. The number of rotatable bonds is 4. The van der Waals surface area contributed by atoms with Crippen molar-refractivity contribution in [2.24, 2.45) is 29.7 Å². The molecule has 3 unspecified atom stereocenters. The molecule has 160 valence electrons. The van der Waals surface area contributed by atoms with E-state index in [1.54, 1.807) is 0 Å². The van der Waals surface area contributed by atoms with Crippen LogP contribution < -0.4 is 4.57 Å². The second-order valence-corrected chi connectivity index (χ2v) is 10.6. The van der Waals surface area contributed by atoms with Gasteiger partial charge in [0.15, 0.2) is 6.20 Å². The minimum atomic E-state index is -1.31. The van der Waals surface area contributed by atoms with E-state index in [0.717, 1.165) is 29.5 Å². The summed E-state index contributed by atoms with van der Waals surface area (Å²) < 4.78 is 20.5. The lowest BCUT2D eigenvalue weighted by atomic mass is 9.65. The van der Waals surface area contributed by atoms with Crippen LogP contribution in [0.3, 0.4) is 0 Å². The summed E-state index contributed by atoms with van der Waals surface area (Å²) in [7, 11) is 2.09. The van der Waals surface area contributed by atoms with Crippen LogP contribution in [0, 0.1) is 29.6 Å². The van der Waals surface area contributed by atoms with E-state index >= 15 is 0 Å². The van der Waals surface area contributed by atoms with E-state index in [2.05, 4.69) is 94.0 Å². The van der Waals surface area contributed by atoms with Crippen molar-refractivity contribution in [3.05, 3.63) is 78.0 Å². The maximum Gasteiger partial charge on any atom is 0.212 e. The highest BCUT2D eigenvalue weighted by molar-refractivity contribution is 5.66. The smallest absolute Gasteiger partial charge is 0.200 e. The van der Waals surface area contributed by atoms with Gasteiger partial charge in [0.25, 0.3) is 0 Å². The van der Waals surface area contributed by atoms with E-state index in [-0.39, 0.29) is 16.7 Å². The molecule has 1 aromatic heterocycles. The third-order valence-electron chi connectivity index (χ3n) is 8.91. The molecule has 5 rings (SSSR count). The van der Waals surface area contributed by atoms with Gasteiger partial charge in [-0.15, -0.1) is 0 Å². The number of aryl methyl sites for hydroxylation is 2. The van der Waals surface area contributed by atoms with Crippen LogP contribution in [0.4, 0.5) is 0 Å². The lowest BCUT2D eigenvalue weighted by molar-refractivity contribution is -0.659. The number of hydrogen-bond donors (Lipinski definition) is 0. The van der Waals surface area contributed by atoms with Crippen molar-refractivity contribution < 1.29 is 7.31 Å². The van der Waals surface area contributed by atoms with Gasteiger partial charge < -0.3 is 0 Å². The first-order chi connectivity index (χ1) is 15.6. The minimum Gasteiger partial charge on any atom is -0.200 e. The molecule has 2 bridgehead atoms. The molecule has 0 spiro atoms. The summed E-state index contributed by atoms with van der Waals surface area (Å²) in [6.07, 6.45) is 4.28. The molecule has 2 aliphatic carbocycles. The normalized spacial score (nSPS) is 27.8. The highest BCUT2D eigenvalue weighted by atomic mass is 14.9. The topological polar surface area (TPSA) is 3.88 Å². The lowest BCUT2D eigenvalue weighted by Crippen LogP contribution is -2.33. The van der Waals surface area contributed by atoms with Crippen molar-refractivity contribution in [1.82, 2.24) is 0 Å². The maximum absolute atomic E-state index is 9.14. The number of nitrogens with zero attached hydrogens (tertiary/aromatic N) is 1. The van der Waals surface area contributed by atoms with Gasteiger partial charge in [-0.1, -0.05) is 63.2 Å². The van der Waals surface area contributed by atoms with E-state index in [1.165, 1.54) is 23.2 Å². The Labute approximate surface area is 191 Å². The minimum absolute atomic E-state index is 0.0684. The Bertz CT molecular complexity index is 1190. The second kappa shape index (κ2) is 7.33. The Morgan fingerprint density at radius 3 is 2.29 bits per heavy atom. The van der Waals surface area contributed by atoms with Gasteiger partial charge in [0.05, 0.1) is 0 Å². The van der Waals surface area contributed by atoms with Crippen LogP contribution in [-0.2, 0) is 13.4 Å². The predicted octanol–water partition coefficient (Wildman–Crippen LogP) is 7.16. The molecule has 1 heteroatoms. The maximum atomic E-state index is 9.14. The molecule has 0 N–H and O–H groups in total. The van der Waals surface area contributed by atoms with Crippen LogP contribution in [0.25, 0.3) is 22.4 Å². The van der Waals surface area contributed by atoms with Gasteiger partial charge in [0, 0.05) is 19.9 Å². The molecule has 2 saturated carbocycles. The fourth-order valence-corrected chi connectivity index (χ4v) is 6.30. The van der Waals surface area contributed by atoms with E-state index in [9.17, 15) is 0 Å². The second-order valence-electron chi connectivity index (χ2n) is 10.6. The highest BCUT2D eigenvalue weighted by Gasteiger charge is 2.60. The number of hydrogen-bond acceptors (Lipinski definition) is 0. The molecular weight excluding hydrogens is 374 g/mol. The van der Waals surface area contributed by atoms with Crippen molar-refractivity contribution in [1.29, 1.82) is 0 Å². The average Bonchev–Trinajstić information content (AvgIpc) is 3.14.